The summed E-state index contributed by atoms with van der Waals surface area (Å²) >= 11 is 0. The molecule has 0 heterocycles. The van der Waals surface area contributed by atoms with Gasteiger partial charge in [0.1, 0.15) is 11.5 Å². The Bertz CT molecular complexity index is 1190. The number of hydrogen-bond donors (Lipinski definition) is 0. The molecule has 8 nitrogen and oxygen atoms in total. The molecule has 2 aromatic rings. The Kier molecular flexibility index (Phi) is 21.8. The summed E-state index contributed by atoms with van der Waals surface area (Å²) in [5.74, 6) is 1.93. The van der Waals surface area contributed by atoms with Crippen LogP contribution in [0.2, 0.25) is 12.1 Å². The molecule has 0 fully saturated rings. The molecular weight excluding hydrogens is 677 g/mol. The second-order valence-corrected chi connectivity index (χ2v) is 18.8. The van der Waals surface area contributed by atoms with Gasteiger partial charge in [-0.2, -0.15) is 0 Å². The molecule has 0 bridgehead atoms. The summed E-state index contributed by atoms with van der Waals surface area (Å²) in [6.07, 6.45) is 7.97. The van der Waals surface area contributed by atoms with Crippen molar-refractivity contribution in [1.82, 2.24) is 0 Å². The predicted molar refractivity (Wildman–Crippen MR) is 213 cm³/mol. The Morgan fingerprint density at radius 1 is 0.471 bits per heavy atom. The van der Waals surface area contributed by atoms with Crippen molar-refractivity contribution in [2.45, 2.75) is 138 Å². The maximum atomic E-state index is 6.55. The van der Waals surface area contributed by atoms with Crippen LogP contribution in [0.15, 0.2) is 36.4 Å². The summed E-state index contributed by atoms with van der Waals surface area (Å²) in [5, 5.41) is 0. The third kappa shape index (κ3) is 14.5. The molecule has 0 spiro atoms. The minimum Gasteiger partial charge on any atom is -0.493 e. The lowest BCUT2D eigenvalue weighted by Crippen LogP contribution is -2.46. The Balaban J connectivity index is 2.43. The molecule has 0 saturated heterocycles. The zero-order valence-electron chi connectivity index (χ0n) is 34.0. The number of aryl methyl sites for hydroxylation is 2. The average Bonchev–Trinajstić information content (AvgIpc) is 3.10. The second kappa shape index (κ2) is 24.5. The SMILES string of the molecule is CCCCOc1ccc(C(C)(C)c2ccc(OCCC[Si](OCC)(OCC)OCC)c(CCC[Si](OCC)(OCC)OCC)c2)cc1CCCC. The smallest absolute Gasteiger partial charge is 0.493 e. The highest BCUT2D eigenvalue weighted by molar-refractivity contribution is 6.61. The van der Waals surface area contributed by atoms with Crippen molar-refractivity contribution < 1.29 is 36.0 Å². The molecular formula is C41H72O8Si2. The van der Waals surface area contributed by atoms with E-state index in [2.05, 4.69) is 64.1 Å². The third-order valence-electron chi connectivity index (χ3n) is 9.12. The molecule has 2 rings (SSSR count). The Morgan fingerprint density at radius 2 is 0.843 bits per heavy atom. The molecule has 292 valence electrons. The van der Waals surface area contributed by atoms with Crippen LogP contribution in [0.3, 0.4) is 0 Å². The Hall–Kier alpha value is -1.77. The molecule has 0 amide bonds. The summed E-state index contributed by atoms with van der Waals surface area (Å²) in [6.45, 7) is 25.8. The van der Waals surface area contributed by atoms with Crippen molar-refractivity contribution in [3.8, 4) is 11.5 Å². The van der Waals surface area contributed by atoms with E-state index in [1.54, 1.807) is 0 Å². The van der Waals surface area contributed by atoms with Gasteiger partial charge < -0.3 is 36.0 Å². The van der Waals surface area contributed by atoms with Crippen molar-refractivity contribution in [2.24, 2.45) is 0 Å². The van der Waals surface area contributed by atoms with E-state index in [-0.39, 0.29) is 5.41 Å². The van der Waals surface area contributed by atoms with E-state index in [4.69, 9.17) is 36.0 Å². The van der Waals surface area contributed by atoms with Crippen LogP contribution in [-0.2, 0) is 44.8 Å². The van der Waals surface area contributed by atoms with Gasteiger partial charge in [0.05, 0.1) is 13.2 Å². The highest BCUT2D eigenvalue weighted by Gasteiger charge is 2.41. The van der Waals surface area contributed by atoms with Crippen molar-refractivity contribution >= 4 is 17.6 Å². The number of ether oxygens (including phenoxy) is 2. The number of hydrogen-bond acceptors (Lipinski definition) is 8. The monoisotopic (exact) mass is 748 g/mol. The van der Waals surface area contributed by atoms with Crippen LogP contribution >= 0.6 is 0 Å². The lowest BCUT2D eigenvalue weighted by atomic mass is 9.76. The molecule has 0 N–H and O–H groups in total. The first-order chi connectivity index (χ1) is 24.6. The highest BCUT2D eigenvalue weighted by Crippen LogP contribution is 2.37. The van der Waals surface area contributed by atoms with E-state index in [1.165, 1.54) is 22.3 Å². The zero-order valence-corrected chi connectivity index (χ0v) is 36.0. The lowest BCUT2D eigenvalue weighted by molar-refractivity contribution is 0.0694. The predicted octanol–water partition coefficient (Wildman–Crippen LogP) is 10.3. The van der Waals surface area contributed by atoms with Crippen LogP contribution < -0.4 is 9.47 Å². The van der Waals surface area contributed by atoms with Gasteiger partial charge in [-0.05, 0) is 114 Å². The molecule has 2 aromatic carbocycles. The molecule has 0 atom stereocenters. The fourth-order valence-corrected chi connectivity index (χ4v) is 11.6. The highest BCUT2D eigenvalue weighted by atomic mass is 28.4. The maximum Gasteiger partial charge on any atom is 0.501 e. The summed E-state index contributed by atoms with van der Waals surface area (Å²) in [4.78, 5) is 0. The first-order valence-corrected chi connectivity index (χ1v) is 23.9. The van der Waals surface area contributed by atoms with Gasteiger partial charge in [-0.1, -0.05) is 64.8 Å². The first kappa shape index (κ1) is 45.4. The first-order valence-electron chi connectivity index (χ1n) is 20.0. The average molecular weight is 749 g/mol. The minimum absolute atomic E-state index is 0.228. The molecule has 0 aliphatic heterocycles. The minimum atomic E-state index is -2.77. The fraction of sp³-hybridized carbons (Fsp3) is 0.707. The normalized spacial score (nSPS) is 12.4. The molecule has 0 aliphatic rings. The molecule has 0 aromatic heterocycles. The van der Waals surface area contributed by atoms with Crippen LogP contribution in [0.1, 0.15) is 130 Å². The number of rotatable bonds is 30. The van der Waals surface area contributed by atoms with Crippen LogP contribution in [0.25, 0.3) is 0 Å². The van der Waals surface area contributed by atoms with Gasteiger partial charge in [-0.3, -0.25) is 0 Å². The van der Waals surface area contributed by atoms with E-state index >= 15 is 0 Å². The van der Waals surface area contributed by atoms with Crippen LogP contribution in [-0.4, -0.2) is 70.5 Å². The molecule has 51 heavy (non-hydrogen) atoms. The largest absolute Gasteiger partial charge is 0.501 e. The van der Waals surface area contributed by atoms with Crippen molar-refractivity contribution in [1.29, 1.82) is 0 Å². The van der Waals surface area contributed by atoms with Crippen molar-refractivity contribution in [3.05, 3.63) is 58.7 Å². The summed E-state index contributed by atoms with van der Waals surface area (Å²) in [6, 6.07) is 15.0. The van der Waals surface area contributed by atoms with E-state index in [1.807, 2.05) is 41.5 Å². The van der Waals surface area contributed by atoms with Crippen molar-refractivity contribution in [2.75, 3.05) is 52.9 Å². The molecule has 0 radical (unpaired) electrons. The van der Waals surface area contributed by atoms with Crippen LogP contribution in [0.5, 0.6) is 11.5 Å². The summed E-state index contributed by atoms with van der Waals surface area (Å²) in [7, 11) is -5.51. The van der Waals surface area contributed by atoms with Crippen LogP contribution in [0.4, 0.5) is 0 Å². The lowest BCUT2D eigenvalue weighted by Gasteiger charge is -2.30. The van der Waals surface area contributed by atoms with Gasteiger partial charge in [0.2, 0.25) is 0 Å². The van der Waals surface area contributed by atoms with E-state index < -0.39 is 17.6 Å². The van der Waals surface area contributed by atoms with Gasteiger partial charge >= 0.3 is 17.6 Å². The topological polar surface area (TPSA) is 73.8 Å². The van der Waals surface area contributed by atoms with Gasteiger partial charge in [0.15, 0.2) is 0 Å². The summed E-state index contributed by atoms with van der Waals surface area (Å²) in [5.41, 5.74) is 4.80. The fourth-order valence-electron chi connectivity index (χ4n) is 6.44. The zero-order chi connectivity index (χ0) is 37.6. The van der Waals surface area contributed by atoms with Crippen molar-refractivity contribution in [3.63, 3.8) is 0 Å². The van der Waals surface area contributed by atoms with E-state index in [9.17, 15) is 0 Å². The van der Waals surface area contributed by atoms with Gasteiger partial charge in [-0.25, -0.2) is 0 Å². The standard InChI is InChI=1S/C41H72O8Si2/c1-11-19-23-35-33-37(25-27-39(35)42-29-20-12-2)41(9,10)38-26-28-40(43-30-22-32-51(47-16-6,48-17-7)49-18-8)36(34-38)24-21-31-50(44-13-3,45-14-4)46-15-5/h25-28,33-34H,11-24,29-32H2,1-10H3. The Labute approximate surface area is 313 Å². The van der Waals surface area contributed by atoms with Gasteiger partial charge in [-0.15, -0.1) is 0 Å². The van der Waals surface area contributed by atoms with Crippen LogP contribution in [0, 0.1) is 0 Å². The molecule has 10 heteroatoms. The third-order valence-corrected chi connectivity index (χ3v) is 15.4. The number of unbranched alkanes of at least 4 members (excludes halogenated alkanes) is 2. The quantitative estimate of drug-likeness (QED) is 0.0578. The van der Waals surface area contributed by atoms with E-state index in [0.29, 0.717) is 52.3 Å². The maximum absolute atomic E-state index is 6.55. The van der Waals surface area contributed by atoms with Gasteiger partial charge in [0, 0.05) is 57.1 Å². The summed E-state index contributed by atoms with van der Waals surface area (Å²) < 4.78 is 49.6. The molecule has 0 aliphatic carbocycles. The van der Waals surface area contributed by atoms with E-state index in [0.717, 1.165) is 75.5 Å². The molecule has 0 unspecified atom stereocenters. The number of benzene rings is 2. The van der Waals surface area contributed by atoms with Gasteiger partial charge in [0.25, 0.3) is 0 Å². The molecule has 0 saturated carbocycles. The Morgan fingerprint density at radius 3 is 1.24 bits per heavy atom. The second-order valence-electron chi connectivity index (χ2n) is 13.3.